The van der Waals surface area contributed by atoms with E-state index in [-0.39, 0.29) is 12.5 Å². The van der Waals surface area contributed by atoms with E-state index < -0.39 is 5.97 Å². The Bertz CT molecular complexity index is 1490. The zero-order valence-electron chi connectivity index (χ0n) is 21.9. The molecule has 3 aromatic rings. The molecule has 1 aliphatic heterocycles. The lowest BCUT2D eigenvalue weighted by molar-refractivity contribution is -0.121. The van der Waals surface area contributed by atoms with E-state index in [1.54, 1.807) is 56.4 Å². The highest BCUT2D eigenvalue weighted by Gasteiger charge is 2.30. The summed E-state index contributed by atoms with van der Waals surface area (Å²) in [7, 11) is 1.67. The lowest BCUT2D eigenvalue weighted by Crippen LogP contribution is -2.23. The molecular weight excluding hydrogens is 639 g/mol. The number of amides is 1. The Balaban J connectivity index is 1.55. The van der Waals surface area contributed by atoms with Gasteiger partial charge in [-0.1, -0.05) is 29.3 Å². The highest BCUT2D eigenvalue weighted by Crippen LogP contribution is 2.40. The fraction of sp³-hybridized carbons (Fsp3) is 0.207. The van der Waals surface area contributed by atoms with Gasteiger partial charge in [0.05, 0.1) is 33.8 Å². The first-order chi connectivity index (χ1) is 19.2. The van der Waals surface area contributed by atoms with E-state index in [4.69, 9.17) is 37.4 Å². The number of ether oxygens (including phenoxy) is 3. The van der Waals surface area contributed by atoms with E-state index >= 15 is 0 Å². The summed E-state index contributed by atoms with van der Waals surface area (Å²) in [5, 5.41) is 1.58. The second-order valence-electron chi connectivity index (χ2n) is 8.42. The van der Waals surface area contributed by atoms with Gasteiger partial charge in [-0.05, 0) is 102 Å². The Morgan fingerprint density at radius 3 is 2.48 bits per heavy atom. The Hall–Kier alpha value is -2.98. The summed E-state index contributed by atoms with van der Waals surface area (Å²) in [5.74, 6) is 0.468. The summed E-state index contributed by atoms with van der Waals surface area (Å²) in [6.07, 6.45) is 1.78. The van der Waals surface area contributed by atoms with E-state index in [0.717, 1.165) is 11.1 Å². The smallest absolute Gasteiger partial charge is 0.338 e. The Morgan fingerprint density at radius 1 is 1.05 bits per heavy atom. The van der Waals surface area contributed by atoms with Gasteiger partial charge in [0, 0.05) is 22.7 Å². The average molecular weight is 664 g/mol. The fourth-order valence-electron chi connectivity index (χ4n) is 3.66. The SMILES string of the molecule is CCOC(=O)c1ccc(N=C2S/C(=C\c3cc(Br)c(OCc4ccc(Cl)cc4Cl)c(OCC)c3)C(=O)N2C)cc1. The molecule has 1 fully saturated rings. The van der Waals surface area contributed by atoms with Crippen LogP contribution in [-0.4, -0.2) is 42.2 Å². The van der Waals surface area contributed by atoms with Crippen LogP contribution in [0.25, 0.3) is 6.08 Å². The number of carbonyl (C=O) groups is 2. The van der Waals surface area contributed by atoms with E-state index in [1.807, 2.05) is 25.1 Å². The molecule has 0 spiro atoms. The van der Waals surface area contributed by atoms with Crippen molar-refractivity contribution in [1.29, 1.82) is 0 Å². The van der Waals surface area contributed by atoms with Gasteiger partial charge in [-0.15, -0.1) is 0 Å². The maximum absolute atomic E-state index is 13.0. The lowest BCUT2D eigenvalue weighted by Gasteiger charge is -2.15. The van der Waals surface area contributed by atoms with E-state index in [9.17, 15) is 9.59 Å². The molecule has 0 aromatic heterocycles. The Morgan fingerprint density at radius 2 is 1.80 bits per heavy atom. The predicted octanol–water partition coefficient (Wildman–Crippen LogP) is 8.14. The molecule has 0 unspecified atom stereocenters. The Kier molecular flexibility index (Phi) is 10.2. The van der Waals surface area contributed by atoms with Gasteiger partial charge in [0.15, 0.2) is 16.7 Å². The molecular formula is C29H25BrCl2N2O5S. The number of benzene rings is 3. The molecule has 7 nitrogen and oxygen atoms in total. The number of rotatable bonds is 9. The molecule has 208 valence electrons. The van der Waals surface area contributed by atoms with Gasteiger partial charge in [-0.25, -0.2) is 9.79 Å². The summed E-state index contributed by atoms with van der Waals surface area (Å²) in [4.78, 5) is 31.5. The molecule has 0 atom stereocenters. The number of thioether (sulfide) groups is 1. The van der Waals surface area contributed by atoms with Crippen LogP contribution in [0.4, 0.5) is 5.69 Å². The zero-order valence-corrected chi connectivity index (χ0v) is 25.8. The minimum Gasteiger partial charge on any atom is -0.490 e. The third-order valence-corrected chi connectivity index (χ3v) is 7.86. The van der Waals surface area contributed by atoms with E-state index in [2.05, 4.69) is 20.9 Å². The molecule has 1 saturated heterocycles. The number of amidine groups is 1. The van der Waals surface area contributed by atoms with Crippen molar-refractivity contribution in [3.8, 4) is 11.5 Å². The maximum atomic E-state index is 13.0. The van der Waals surface area contributed by atoms with Gasteiger partial charge in [0.25, 0.3) is 5.91 Å². The van der Waals surface area contributed by atoms with Crippen LogP contribution in [0.1, 0.15) is 35.3 Å². The van der Waals surface area contributed by atoms with Crippen molar-refractivity contribution in [2.24, 2.45) is 4.99 Å². The van der Waals surface area contributed by atoms with Crippen molar-refractivity contribution in [2.75, 3.05) is 20.3 Å². The molecule has 0 saturated carbocycles. The standard InChI is InChI=1S/C29H25BrCl2N2O5S/c1-4-37-24-13-17(12-22(30)26(24)39-16-19-6-9-20(31)15-23(19)32)14-25-27(35)34(3)29(40-25)33-21-10-7-18(8-11-21)28(36)38-5-2/h6-15H,4-5,16H2,1-3H3/b25-14-,33-29?. The van der Waals surface area contributed by atoms with Crippen molar-refractivity contribution in [3.63, 3.8) is 0 Å². The van der Waals surface area contributed by atoms with E-state index in [0.29, 0.717) is 60.6 Å². The highest BCUT2D eigenvalue weighted by molar-refractivity contribution is 9.10. The molecule has 1 amide bonds. The van der Waals surface area contributed by atoms with Crippen LogP contribution in [0.2, 0.25) is 10.0 Å². The number of hydrogen-bond acceptors (Lipinski definition) is 7. The monoisotopic (exact) mass is 662 g/mol. The van der Waals surface area contributed by atoms with Crippen molar-refractivity contribution >= 4 is 79.7 Å². The van der Waals surface area contributed by atoms with Gasteiger partial charge in [0.1, 0.15) is 6.61 Å². The van der Waals surface area contributed by atoms with Gasteiger partial charge in [0.2, 0.25) is 0 Å². The Labute approximate surface area is 255 Å². The van der Waals surface area contributed by atoms with Crippen molar-refractivity contribution in [2.45, 2.75) is 20.5 Å². The minimum absolute atomic E-state index is 0.182. The number of esters is 1. The second kappa shape index (κ2) is 13.6. The molecule has 1 heterocycles. The third-order valence-electron chi connectivity index (χ3n) is 5.62. The summed E-state index contributed by atoms with van der Waals surface area (Å²) >= 11 is 17.1. The quantitative estimate of drug-likeness (QED) is 0.170. The summed E-state index contributed by atoms with van der Waals surface area (Å²) in [6.45, 7) is 4.58. The summed E-state index contributed by atoms with van der Waals surface area (Å²) in [5.41, 5.74) is 2.58. The average Bonchev–Trinajstić information content (AvgIpc) is 3.17. The topological polar surface area (TPSA) is 77.4 Å². The summed E-state index contributed by atoms with van der Waals surface area (Å²) < 4.78 is 17.6. The first-order valence-corrected chi connectivity index (χ1v) is 14.6. The number of nitrogens with zero attached hydrogens (tertiary/aromatic N) is 2. The van der Waals surface area contributed by atoms with E-state index in [1.165, 1.54) is 16.7 Å². The first kappa shape index (κ1) is 30.0. The normalized spacial score (nSPS) is 15.2. The third kappa shape index (κ3) is 7.20. The van der Waals surface area contributed by atoms with Crippen molar-refractivity contribution < 1.29 is 23.8 Å². The predicted molar refractivity (Wildman–Crippen MR) is 164 cm³/mol. The number of hydrogen-bond donors (Lipinski definition) is 0. The number of halogens is 3. The maximum Gasteiger partial charge on any atom is 0.338 e. The number of likely N-dealkylation sites (N-methyl/N-ethyl adjacent to an activating group) is 1. The van der Waals surface area contributed by atoms with Crippen LogP contribution < -0.4 is 9.47 Å². The molecule has 0 radical (unpaired) electrons. The molecule has 0 bridgehead atoms. The second-order valence-corrected chi connectivity index (χ2v) is 11.1. The van der Waals surface area contributed by atoms with Crippen molar-refractivity contribution in [3.05, 3.63) is 90.7 Å². The first-order valence-electron chi connectivity index (χ1n) is 12.3. The molecule has 3 aromatic carbocycles. The number of carbonyl (C=O) groups excluding carboxylic acids is 2. The fourth-order valence-corrected chi connectivity index (χ4v) is 5.69. The van der Waals surface area contributed by atoms with Crippen LogP contribution >= 0.6 is 50.9 Å². The zero-order chi connectivity index (χ0) is 28.8. The van der Waals surface area contributed by atoms with Crippen LogP contribution in [0.3, 0.4) is 0 Å². The van der Waals surface area contributed by atoms with Crippen LogP contribution in [0.5, 0.6) is 11.5 Å². The molecule has 40 heavy (non-hydrogen) atoms. The van der Waals surface area contributed by atoms with Crippen LogP contribution in [0, 0.1) is 0 Å². The lowest BCUT2D eigenvalue weighted by atomic mass is 10.1. The molecule has 0 N–H and O–H groups in total. The van der Waals surface area contributed by atoms with Gasteiger partial charge in [-0.3, -0.25) is 9.69 Å². The largest absolute Gasteiger partial charge is 0.490 e. The van der Waals surface area contributed by atoms with Gasteiger partial charge >= 0.3 is 5.97 Å². The summed E-state index contributed by atoms with van der Waals surface area (Å²) in [6, 6.07) is 15.6. The van der Waals surface area contributed by atoms with Gasteiger partial charge < -0.3 is 14.2 Å². The minimum atomic E-state index is -0.391. The molecule has 0 aliphatic carbocycles. The molecule has 4 rings (SSSR count). The van der Waals surface area contributed by atoms with Gasteiger partial charge in [-0.2, -0.15) is 0 Å². The molecule has 11 heteroatoms. The number of aliphatic imine (C=N–C) groups is 1. The highest BCUT2D eigenvalue weighted by atomic mass is 79.9. The molecule has 1 aliphatic rings. The van der Waals surface area contributed by atoms with Crippen LogP contribution in [0.15, 0.2) is 69.0 Å². The van der Waals surface area contributed by atoms with Crippen molar-refractivity contribution in [1.82, 2.24) is 4.90 Å². The van der Waals surface area contributed by atoms with Crippen LogP contribution in [-0.2, 0) is 16.1 Å².